The second-order valence-electron chi connectivity index (χ2n) is 6.23. The molecule has 1 aromatic heterocycles. The van der Waals surface area contributed by atoms with E-state index in [-0.39, 0.29) is 18.8 Å². The molecule has 0 saturated heterocycles. The first-order valence-electron chi connectivity index (χ1n) is 8.98. The van der Waals surface area contributed by atoms with Gasteiger partial charge in [0.25, 0.3) is 0 Å². The molecule has 0 spiro atoms. The molecule has 0 bridgehead atoms. The Morgan fingerprint density at radius 2 is 1.65 bits per heavy atom. The molecule has 0 saturated carbocycles. The van der Waals surface area contributed by atoms with Gasteiger partial charge in [-0.15, -0.1) is 0 Å². The summed E-state index contributed by atoms with van der Waals surface area (Å²) in [6.07, 6.45) is 1.92. The highest BCUT2D eigenvalue weighted by Crippen LogP contribution is 2.38. The van der Waals surface area contributed by atoms with Crippen molar-refractivity contribution in [1.29, 1.82) is 0 Å². The molecule has 0 aliphatic rings. The average Bonchev–Trinajstić information content (AvgIpc) is 2.73. The number of carboxylic acids is 2. The standard InChI is InChI=1S/C14H18N4O3.C5H9NO4/c1-19-10-5-8(6-11(20-2)12(10)21-3)4-9-7-17-14(16)18-13(9)15;6-3(5(9)10)1-2-4(7)8/h5-7H,4H2,1-3H3,(H4,15,16,17,18);3H,1-2,6H2,(H,7,8)(H,9,10)/t;3-/m.0/s1. The largest absolute Gasteiger partial charge is 0.493 e. The van der Waals surface area contributed by atoms with E-state index >= 15 is 0 Å². The van der Waals surface area contributed by atoms with E-state index in [4.69, 9.17) is 41.6 Å². The summed E-state index contributed by atoms with van der Waals surface area (Å²) < 4.78 is 15.9. The number of carbonyl (C=O) groups is 2. The van der Waals surface area contributed by atoms with E-state index in [1.165, 1.54) is 0 Å². The number of rotatable bonds is 9. The summed E-state index contributed by atoms with van der Waals surface area (Å²) in [5, 5.41) is 16.3. The lowest BCUT2D eigenvalue weighted by Gasteiger charge is -2.14. The predicted molar refractivity (Wildman–Crippen MR) is 112 cm³/mol. The van der Waals surface area contributed by atoms with Crippen molar-refractivity contribution in [2.24, 2.45) is 5.73 Å². The Balaban J connectivity index is 0.000000407. The molecule has 1 heterocycles. The highest BCUT2D eigenvalue weighted by molar-refractivity contribution is 5.74. The molecule has 0 aliphatic heterocycles. The lowest BCUT2D eigenvalue weighted by atomic mass is 10.1. The lowest BCUT2D eigenvalue weighted by molar-refractivity contribution is -0.139. The number of benzene rings is 1. The first-order valence-corrected chi connectivity index (χ1v) is 8.98. The van der Waals surface area contributed by atoms with Crippen LogP contribution in [0.3, 0.4) is 0 Å². The van der Waals surface area contributed by atoms with E-state index in [1.54, 1.807) is 27.5 Å². The molecule has 170 valence electrons. The van der Waals surface area contributed by atoms with Crippen molar-refractivity contribution in [3.05, 3.63) is 29.5 Å². The summed E-state index contributed by atoms with van der Waals surface area (Å²) in [5.74, 6) is 0.0317. The third-order valence-electron chi connectivity index (χ3n) is 4.02. The van der Waals surface area contributed by atoms with Gasteiger partial charge in [-0.3, -0.25) is 9.59 Å². The van der Waals surface area contributed by atoms with Crippen LogP contribution in [0.2, 0.25) is 0 Å². The molecule has 0 unspecified atom stereocenters. The smallest absolute Gasteiger partial charge is 0.320 e. The molecule has 12 nitrogen and oxygen atoms in total. The van der Waals surface area contributed by atoms with Gasteiger partial charge in [-0.2, -0.15) is 4.98 Å². The molecular formula is C19H27N5O7. The van der Waals surface area contributed by atoms with Crippen molar-refractivity contribution in [2.45, 2.75) is 25.3 Å². The highest BCUT2D eigenvalue weighted by Gasteiger charge is 2.14. The number of aliphatic carboxylic acids is 2. The van der Waals surface area contributed by atoms with Crippen LogP contribution in [-0.4, -0.2) is 59.5 Å². The van der Waals surface area contributed by atoms with Gasteiger partial charge in [0.15, 0.2) is 11.5 Å². The quantitative estimate of drug-likeness (QED) is 0.364. The topological polar surface area (TPSA) is 206 Å². The number of hydrogen-bond donors (Lipinski definition) is 5. The second-order valence-corrected chi connectivity index (χ2v) is 6.23. The molecule has 2 rings (SSSR count). The number of carboxylic acid groups (broad SMARTS) is 2. The van der Waals surface area contributed by atoms with Gasteiger partial charge in [0.1, 0.15) is 11.9 Å². The Bertz CT molecular complexity index is 882. The van der Waals surface area contributed by atoms with E-state index in [1.807, 2.05) is 12.1 Å². The normalized spacial score (nSPS) is 11.0. The van der Waals surface area contributed by atoms with E-state index in [0.29, 0.717) is 29.5 Å². The van der Waals surface area contributed by atoms with Crippen molar-refractivity contribution >= 4 is 23.7 Å². The van der Waals surface area contributed by atoms with Crippen LogP contribution in [0.15, 0.2) is 18.3 Å². The van der Waals surface area contributed by atoms with Gasteiger partial charge in [-0.1, -0.05) is 0 Å². The fraction of sp³-hybridized carbons (Fsp3) is 0.368. The minimum Gasteiger partial charge on any atom is -0.493 e. The van der Waals surface area contributed by atoms with Crippen molar-refractivity contribution in [1.82, 2.24) is 9.97 Å². The fourth-order valence-electron chi connectivity index (χ4n) is 2.43. The van der Waals surface area contributed by atoms with Crippen LogP contribution in [0.1, 0.15) is 24.0 Å². The SMILES string of the molecule is COc1cc(Cc2cnc(N)nc2N)cc(OC)c1OC.N[C@@H](CCC(=O)O)C(=O)O. The van der Waals surface area contributed by atoms with Gasteiger partial charge in [-0.25, -0.2) is 4.98 Å². The molecule has 1 aromatic carbocycles. The first kappa shape index (κ1) is 25.2. The number of anilines is 2. The highest BCUT2D eigenvalue weighted by atomic mass is 16.5. The maximum absolute atomic E-state index is 9.99. The Morgan fingerprint density at radius 3 is 2.06 bits per heavy atom. The van der Waals surface area contributed by atoms with Crippen LogP contribution in [-0.2, 0) is 16.0 Å². The minimum atomic E-state index is -1.17. The first-order chi connectivity index (χ1) is 14.6. The molecule has 1 atom stereocenters. The number of nitrogens with two attached hydrogens (primary N) is 3. The van der Waals surface area contributed by atoms with Crippen LogP contribution < -0.4 is 31.4 Å². The summed E-state index contributed by atoms with van der Waals surface area (Å²) in [7, 11) is 4.70. The molecule has 8 N–H and O–H groups in total. The molecule has 31 heavy (non-hydrogen) atoms. The van der Waals surface area contributed by atoms with Crippen LogP contribution in [0.25, 0.3) is 0 Å². The molecule has 0 aliphatic carbocycles. The van der Waals surface area contributed by atoms with Crippen LogP contribution >= 0.6 is 0 Å². The van der Waals surface area contributed by atoms with Crippen molar-refractivity contribution in [3.63, 3.8) is 0 Å². The zero-order chi connectivity index (χ0) is 23.6. The molecule has 12 heteroatoms. The van der Waals surface area contributed by atoms with Crippen molar-refractivity contribution in [3.8, 4) is 17.2 Å². The molecule has 0 radical (unpaired) electrons. The van der Waals surface area contributed by atoms with Crippen LogP contribution in [0, 0.1) is 0 Å². The van der Waals surface area contributed by atoms with Crippen molar-refractivity contribution in [2.75, 3.05) is 32.8 Å². The summed E-state index contributed by atoms with van der Waals surface area (Å²) in [6.45, 7) is 0. The lowest BCUT2D eigenvalue weighted by Crippen LogP contribution is -2.30. The molecule has 2 aromatic rings. The Morgan fingerprint density at radius 1 is 1.06 bits per heavy atom. The maximum atomic E-state index is 9.99. The van der Waals surface area contributed by atoms with Gasteiger partial charge < -0.3 is 41.6 Å². The van der Waals surface area contributed by atoms with Crippen molar-refractivity contribution < 1.29 is 34.0 Å². The average molecular weight is 437 g/mol. The van der Waals surface area contributed by atoms with Gasteiger partial charge in [0.05, 0.1) is 21.3 Å². The summed E-state index contributed by atoms with van der Waals surface area (Å²) in [4.78, 5) is 27.8. The summed E-state index contributed by atoms with van der Waals surface area (Å²) in [5.41, 5.74) is 18.1. The maximum Gasteiger partial charge on any atom is 0.320 e. The third kappa shape index (κ3) is 7.85. The molecule has 0 amide bonds. The molecule has 0 fully saturated rings. The summed E-state index contributed by atoms with van der Waals surface area (Å²) >= 11 is 0. The number of ether oxygens (including phenoxy) is 3. The van der Waals surface area contributed by atoms with Crippen LogP contribution in [0.5, 0.6) is 17.2 Å². The van der Waals surface area contributed by atoms with E-state index < -0.39 is 18.0 Å². The third-order valence-corrected chi connectivity index (χ3v) is 4.02. The van der Waals surface area contributed by atoms with E-state index in [2.05, 4.69) is 9.97 Å². The van der Waals surface area contributed by atoms with Gasteiger partial charge in [-0.05, 0) is 24.1 Å². The Labute approximate surface area is 178 Å². The number of nitrogen functional groups attached to an aromatic ring is 2. The van der Waals surface area contributed by atoms with E-state index in [9.17, 15) is 9.59 Å². The van der Waals surface area contributed by atoms with E-state index in [0.717, 1.165) is 11.1 Å². The van der Waals surface area contributed by atoms with Crippen LogP contribution in [0.4, 0.5) is 11.8 Å². The van der Waals surface area contributed by atoms with Gasteiger partial charge >= 0.3 is 11.9 Å². The minimum absolute atomic E-state index is 0.0231. The zero-order valence-corrected chi connectivity index (χ0v) is 17.5. The van der Waals surface area contributed by atoms with Gasteiger partial charge in [0, 0.05) is 24.6 Å². The fourth-order valence-corrected chi connectivity index (χ4v) is 2.43. The summed E-state index contributed by atoms with van der Waals surface area (Å²) in [6, 6.07) is 2.66. The Hall–Kier alpha value is -3.80. The zero-order valence-electron chi connectivity index (χ0n) is 17.5. The number of hydrogen-bond acceptors (Lipinski definition) is 10. The predicted octanol–water partition coefficient (Wildman–Crippen LogP) is 0.521. The number of nitrogens with zero attached hydrogens (tertiary/aromatic N) is 2. The molecular weight excluding hydrogens is 410 g/mol. The monoisotopic (exact) mass is 437 g/mol. The number of aromatic nitrogens is 2. The Kier molecular flexibility index (Phi) is 9.79. The van der Waals surface area contributed by atoms with Gasteiger partial charge in [0.2, 0.25) is 11.7 Å². The second kappa shape index (κ2) is 12.0. The number of methoxy groups -OCH3 is 3.